The second kappa shape index (κ2) is 5.83. The fraction of sp³-hybridized carbons (Fsp3) is 0.375. The van der Waals surface area contributed by atoms with E-state index < -0.39 is 0 Å². The molecule has 3 heteroatoms. The van der Waals surface area contributed by atoms with Gasteiger partial charge in [-0.3, -0.25) is 0 Å². The lowest BCUT2D eigenvalue weighted by Gasteiger charge is -2.16. The van der Waals surface area contributed by atoms with Crippen molar-refractivity contribution in [2.24, 2.45) is 0 Å². The van der Waals surface area contributed by atoms with Crippen LogP contribution in [-0.4, -0.2) is 17.1 Å². The Morgan fingerprint density at radius 1 is 1.21 bits per heavy atom. The highest BCUT2D eigenvalue weighted by atomic mass is 16.5. The number of aromatic nitrogens is 2. The van der Waals surface area contributed by atoms with Crippen molar-refractivity contribution in [3.8, 4) is 17.1 Å². The molecule has 2 aromatic rings. The lowest BCUT2D eigenvalue weighted by atomic mass is 9.95. The Labute approximate surface area is 114 Å². The Hall–Kier alpha value is -1.90. The van der Waals surface area contributed by atoms with Gasteiger partial charge in [0.05, 0.1) is 12.7 Å². The van der Waals surface area contributed by atoms with Crippen molar-refractivity contribution < 1.29 is 4.74 Å². The van der Waals surface area contributed by atoms with Crippen molar-refractivity contribution in [2.45, 2.75) is 33.1 Å². The van der Waals surface area contributed by atoms with Gasteiger partial charge in [0, 0.05) is 12.4 Å². The summed E-state index contributed by atoms with van der Waals surface area (Å²) in [5.74, 6) is 2.06. The Morgan fingerprint density at radius 3 is 2.47 bits per heavy atom. The predicted molar refractivity (Wildman–Crippen MR) is 77.5 cm³/mol. The Balaban J connectivity index is 2.54. The second-order valence-electron chi connectivity index (χ2n) is 4.82. The third-order valence-corrected chi connectivity index (χ3v) is 3.41. The van der Waals surface area contributed by atoms with Crippen LogP contribution < -0.4 is 4.74 Å². The van der Waals surface area contributed by atoms with Crippen LogP contribution in [0, 0.1) is 6.92 Å². The number of hydrogen-bond donors (Lipinski definition) is 0. The summed E-state index contributed by atoms with van der Waals surface area (Å²) in [5, 5.41) is 0. The summed E-state index contributed by atoms with van der Waals surface area (Å²) in [6.45, 7) is 6.37. The smallest absolute Gasteiger partial charge is 0.162 e. The summed E-state index contributed by atoms with van der Waals surface area (Å²) in [7, 11) is 1.71. The van der Waals surface area contributed by atoms with Crippen molar-refractivity contribution >= 4 is 0 Å². The molecule has 0 amide bonds. The molecule has 0 bridgehead atoms. The summed E-state index contributed by atoms with van der Waals surface area (Å²) in [4.78, 5) is 8.78. The van der Waals surface area contributed by atoms with E-state index in [1.165, 1.54) is 5.56 Å². The lowest BCUT2D eigenvalue weighted by Crippen LogP contribution is -2.00. The van der Waals surface area contributed by atoms with E-state index in [0.717, 1.165) is 23.3 Å². The lowest BCUT2D eigenvalue weighted by molar-refractivity contribution is 0.407. The first-order valence-corrected chi connectivity index (χ1v) is 6.63. The first-order chi connectivity index (χ1) is 9.17. The first-order valence-electron chi connectivity index (χ1n) is 6.63. The van der Waals surface area contributed by atoms with Gasteiger partial charge < -0.3 is 4.74 Å². The Bertz CT molecular complexity index is 549. The van der Waals surface area contributed by atoms with Crippen LogP contribution in [0.3, 0.4) is 0 Å². The third-order valence-electron chi connectivity index (χ3n) is 3.41. The molecule has 0 aliphatic carbocycles. The fourth-order valence-electron chi connectivity index (χ4n) is 2.10. The van der Waals surface area contributed by atoms with Gasteiger partial charge in [-0.15, -0.1) is 0 Å². The van der Waals surface area contributed by atoms with Crippen LogP contribution in [0.15, 0.2) is 30.6 Å². The van der Waals surface area contributed by atoms with Crippen LogP contribution in [0.25, 0.3) is 11.4 Å². The maximum Gasteiger partial charge on any atom is 0.162 e. The first kappa shape index (κ1) is 13.5. The van der Waals surface area contributed by atoms with Crippen LogP contribution in [-0.2, 0) is 0 Å². The predicted octanol–water partition coefficient (Wildman–Crippen LogP) is 3.97. The van der Waals surface area contributed by atoms with Crippen molar-refractivity contribution in [3.63, 3.8) is 0 Å². The van der Waals surface area contributed by atoms with Crippen LogP contribution in [0.4, 0.5) is 0 Å². The van der Waals surface area contributed by atoms with Crippen LogP contribution in [0.5, 0.6) is 5.75 Å². The average molecular weight is 256 g/mol. The van der Waals surface area contributed by atoms with E-state index >= 15 is 0 Å². The molecule has 2 rings (SSSR count). The van der Waals surface area contributed by atoms with Crippen LogP contribution in [0.1, 0.15) is 37.3 Å². The van der Waals surface area contributed by atoms with Gasteiger partial charge in [0.1, 0.15) is 5.75 Å². The molecule has 1 aromatic heterocycles. The number of benzene rings is 1. The number of aryl methyl sites for hydroxylation is 1. The van der Waals surface area contributed by atoms with E-state index in [4.69, 9.17) is 4.74 Å². The highest BCUT2D eigenvalue weighted by Crippen LogP contribution is 2.36. The van der Waals surface area contributed by atoms with E-state index in [0.29, 0.717) is 11.7 Å². The SMILES string of the molecule is CCC(C)c1cccc(-c2ncc(C)cn2)c1OC. The maximum atomic E-state index is 5.60. The molecule has 0 aliphatic heterocycles. The molecule has 1 aromatic carbocycles. The summed E-state index contributed by atoms with van der Waals surface area (Å²) in [6, 6.07) is 6.17. The van der Waals surface area contributed by atoms with Crippen molar-refractivity contribution in [1.29, 1.82) is 0 Å². The van der Waals surface area contributed by atoms with Gasteiger partial charge in [-0.1, -0.05) is 26.0 Å². The summed E-state index contributed by atoms with van der Waals surface area (Å²) in [6.07, 6.45) is 4.74. The number of methoxy groups -OCH3 is 1. The zero-order chi connectivity index (χ0) is 13.8. The molecule has 0 N–H and O–H groups in total. The van der Waals surface area contributed by atoms with E-state index in [-0.39, 0.29) is 0 Å². The maximum absolute atomic E-state index is 5.60. The van der Waals surface area contributed by atoms with Crippen LogP contribution >= 0.6 is 0 Å². The molecule has 0 saturated carbocycles. The average Bonchev–Trinajstić information content (AvgIpc) is 2.46. The fourth-order valence-corrected chi connectivity index (χ4v) is 2.10. The number of rotatable bonds is 4. The number of hydrogen-bond acceptors (Lipinski definition) is 3. The van der Waals surface area contributed by atoms with Crippen LogP contribution in [0.2, 0.25) is 0 Å². The molecule has 0 spiro atoms. The molecular weight excluding hydrogens is 236 g/mol. The molecule has 1 unspecified atom stereocenters. The third kappa shape index (κ3) is 2.75. The van der Waals surface area contributed by atoms with Gasteiger partial charge in [-0.25, -0.2) is 9.97 Å². The van der Waals surface area contributed by atoms with E-state index in [1.54, 1.807) is 7.11 Å². The normalized spacial score (nSPS) is 12.2. The van der Waals surface area contributed by atoms with Gasteiger partial charge in [-0.2, -0.15) is 0 Å². The molecule has 19 heavy (non-hydrogen) atoms. The minimum absolute atomic E-state index is 0.459. The highest BCUT2D eigenvalue weighted by molar-refractivity contribution is 5.67. The van der Waals surface area contributed by atoms with Gasteiger partial charge >= 0.3 is 0 Å². The topological polar surface area (TPSA) is 35.0 Å². The highest BCUT2D eigenvalue weighted by Gasteiger charge is 2.16. The zero-order valence-electron chi connectivity index (χ0n) is 12.0. The number of ether oxygens (including phenoxy) is 1. The number of para-hydroxylation sites is 1. The molecule has 100 valence electrons. The van der Waals surface area contributed by atoms with Crippen molar-refractivity contribution in [1.82, 2.24) is 9.97 Å². The minimum Gasteiger partial charge on any atom is -0.496 e. The van der Waals surface area contributed by atoms with Gasteiger partial charge in [0.2, 0.25) is 0 Å². The van der Waals surface area contributed by atoms with Gasteiger partial charge in [0.25, 0.3) is 0 Å². The Morgan fingerprint density at radius 2 is 1.89 bits per heavy atom. The monoisotopic (exact) mass is 256 g/mol. The summed E-state index contributed by atoms with van der Waals surface area (Å²) >= 11 is 0. The molecule has 1 heterocycles. The molecule has 3 nitrogen and oxygen atoms in total. The molecule has 0 fully saturated rings. The van der Waals surface area contributed by atoms with Crippen molar-refractivity contribution in [2.75, 3.05) is 7.11 Å². The largest absolute Gasteiger partial charge is 0.496 e. The molecule has 0 saturated heterocycles. The molecular formula is C16H20N2O. The van der Waals surface area contributed by atoms with E-state index in [9.17, 15) is 0 Å². The molecule has 0 aliphatic rings. The quantitative estimate of drug-likeness (QED) is 0.830. The molecule has 1 atom stereocenters. The van der Waals surface area contributed by atoms with Gasteiger partial charge in [-0.05, 0) is 36.5 Å². The second-order valence-corrected chi connectivity index (χ2v) is 4.82. The van der Waals surface area contributed by atoms with Crippen molar-refractivity contribution in [3.05, 3.63) is 41.7 Å². The molecule has 0 radical (unpaired) electrons. The van der Waals surface area contributed by atoms with Gasteiger partial charge in [0.15, 0.2) is 5.82 Å². The standard InChI is InChI=1S/C16H20N2O/c1-5-12(3)13-7-6-8-14(15(13)19-4)16-17-9-11(2)10-18-16/h6-10,12H,5H2,1-4H3. The zero-order valence-corrected chi connectivity index (χ0v) is 12.0. The Kier molecular flexibility index (Phi) is 4.15. The van der Waals surface area contributed by atoms with E-state index in [2.05, 4.69) is 29.9 Å². The van der Waals surface area contributed by atoms with E-state index in [1.807, 2.05) is 31.5 Å². The summed E-state index contributed by atoms with van der Waals surface area (Å²) < 4.78 is 5.60. The minimum atomic E-state index is 0.459. The summed E-state index contributed by atoms with van der Waals surface area (Å²) in [5.41, 5.74) is 3.23. The number of nitrogens with zero attached hydrogens (tertiary/aromatic N) is 2.